The molecule has 0 amide bonds. The van der Waals surface area contributed by atoms with Crippen LogP contribution in [0.4, 0.5) is 5.69 Å². The molecule has 1 aromatic carbocycles. The van der Waals surface area contributed by atoms with E-state index in [9.17, 15) is 0 Å². The van der Waals surface area contributed by atoms with Crippen molar-refractivity contribution in [3.8, 4) is 5.75 Å². The van der Waals surface area contributed by atoms with Crippen molar-refractivity contribution in [1.29, 1.82) is 0 Å². The summed E-state index contributed by atoms with van der Waals surface area (Å²) in [4.78, 5) is 2.08. The van der Waals surface area contributed by atoms with Crippen molar-refractivity contribution >= 4 is 11.3 Å². The van der Waals surface area contributed by atoms with E-state index in [1.807, 2.05) is 21.0 Å². The van der Waals surface area contributed by atoms with Crippen LogP contribution >= 0.6 is 0 Å². The lowest BCUT2D eigenvalue weighted by molar-refractivity contribution is 0.442. The normalized spacial score (nSPS) is 12.0. The van der Waals surface area contributed by atoms with E-state index in [-0.39, 0.29) is 0 Å². The van der Waals surface area contributed by atoms with Gasteiger partial charge in [-0.2, -0.15) is 0 Å². The maximum atomic E-state index is 6.32. The third-order valence-corrected chi connectivity index (χ3v) is 3.73. The summed E-state index contributed by atoms with van der Waals surface area (Å²) in [6.45, 7) is 14.6. The number of rotatable bonds is 8. The molecule has 0 spiro atoms. The fraction of sp³-hybridized carbons (Fsp3) is 0.391. The monoisotopic (exact) mass is 339 g/mol. The molecule has 2 heteroatoms. The first kappa shape index (κ1) is 20.8. The van der Waals surface area contributed by atoms with Gasteiger partial charge in [-0.3, -0.25) is 0 Å². The van der Waals surface area contributed by atoms with Crippen molar-refractivity contribution in [3.63, 3.8) is 0 Å². The van der Waals surface area contributed by atoms with E-state index < -0.39 is 0 Å². The number of unbranched alkanes of at least 4 members (excludes halogenated alkanes) is 1. The van der Waals surface area contributed by atoms with Crippen LogP contribution in [0.3, 0.4) is 0 Å². The number of nitrogens with zero attached hydrogens (tertiary/aromatic N) is 1. The van der Waals surface area contributed by atoms with Crippen molar-refractivity contribution in [2.75, 3.05) is 19.0 Å². The Morgan fingerprint density at radius 3 is 2.32 bits per heavy atom. The third kappa shape index (κ3) is 7.04. The molecule has 0 aliphatic carbocycles. The molecule has 0 aliphatic rings. The van der Waals surface area contributed by atoms with Gasteiger partial charge in [-0.1, -0.05) is 37.1 Å². The highest BCUT2D eigenvalue weighted by Crippen LogP contribution is 2.31. The average molecular weight is 340 g/mol. The topological polar surface area (TPSA) is 12.5 Å². The molecule has 0 saturated carbocycles. The number of ether oxygens (including phenoxy) is 1. The highest BCUT2D eigenvalue weighted by molar-refractivity contribution is 5.70. The number of hydrogen-bond acceptors (Lipinski definition) is 2. The SMILES string of the molecule is C=C(C)c1ccc(N(C)C)cc1O/C(C=C(C)C)=C/C(C)=C/CCC. The molecule has 0 heterocycles. The molecule has 0 N–H and O–H groups in total. The zero-order valence-corrected chi connectivity index (χ0v) is 16.9. The summed E-state index contributed by atoms with van der Waals surface area (Å²) in [7, 11) is 4.06. The second-order valence-electron chi connectivity index (χ2n) is 6.96. The average Bonchev–Trinajstić information content (AvgIpc) is 2.51. The van der Waals surface area contributed by atoms with Crippen LogP contribution in [0.5, 0.6) is 5.75 Å². The van der Waals surface area contributed by atoms with Crippen LogP contribution in [-0.2, 0) is 0 Å². The Morgan fingerprint density at radius 2 is 1.80 bits per heavy atom. The Hall–Kier alpha value is -2.22. The second kappa shape index (κ2) is 9.93. The van der Waals surface area contributed by atoms with Crippen LogP contribution in [0.1, 0.15) is 53.0 Å². The molecule has 0 saturated heterocycles. The van der Waals surface area contributed by atoms with Gasteiger partial charge >= 0.3 is 0 Å². The first-order chi connectivity index (χ1) is 11.7. The van der Waals surface area contributed by atoms with Crippen molar-refractivity contribution in [2.24, 2.45) is 0 Å². The van der Waals surface area contributed by atoms with Crippen molar-refractivity contribution in [2.45, 2.75) is 47.5 Å². The standard InChI is InChI=1S/C23H33NO/c1-9-10-11-19(6)15-21(14-17(2)3)25-23-16-20(24(7)8)12-13-22(23)18(4)5/h11-16H,4,9-10H2,1-3,5-8H3/b19-11+,21-15+. The van der Waals surface area contributed by atoms with Crippen LogP contribution in [0.2, 0.25) is 0 Å². The summed E-state index contributed by atoms with van der Waals surface area (Å²) in [6, 6.07) is 6.24. The van der Waals surface area contributed by atoms with Crippen molar-refractivity contribution in [3.05, 3.63) is 65.5 Å². The Balaban J connectivity index is 3.32. The van der Waals surface area contributed by atoms with Crippen molar-refractivity contribution in [1.82, 2.24) is 0 Å². The molecule has 1 aromatic rings. The summed E-state index contributed by atoms with van der Waals surface area (Å²) in [5, 5.41) is 0. The molecule has 0 aliphatic heterocycles. The largest absolute Gasteiger partial charge is 0.457 e. The fourth-order valence-electron chi connectivity index (χ4n) is 2.39. The second-order valence-corrected chi connectivity index (χ2v) is 6.96. The Morgan fingerprint density at radius 1 is 1.12 bits per heavy atom. The first-order valence-corrected chi connectivity index (χ1v) is 8.93. The van der Waals surface area contributed by atoms with Gasteiger partial charge in [0.25, 0.3) is 0 Å². The van der Waals surface area contributed by atoms with Gasteiger partial charge in [0.05, 0.1) is 0 Å². The summed E-state index contributed by atoms with van der Waals surface area (Å²) >= 11 is 0. The lowest BCUT2D eigenvalue weighted by atomic mass is 10.1. The van der Waals surface area contributed by atoms with Crippen LogP contribution in [-0.4, -0.2) is 14.1 Å². The van der Waals surface area contributed by atoms with E-state index in [0.717, 1.165) is 41.2 Å². The number of hydrogen-bond donors (Lipinski definition) is 0. The molecule has 0 unspecified atom stereocenters. The lowest BCUT2D eigenvalue weighted by Crippen LogP contribution is -2.09. The van der Waals surface area contributed by atoms with Gasteiger partial charge in [-0.25, -0.2) is 0 Å². The molecular formula is C23H33NO. The number of allylic oxidation sites excluding steroid dienone is 6. The molecule has 0 bridgehead atoms. The first-order valence-electron chi connectivity index (χ1n) is 8.93. The summed E-state index contributed by atoms with van der Waals surface area (Å²) in [5.74, 6) is 1.69. The Labute approximate surface area is 154 Å². The number of anilines is 1. The zero-order valence-electron chi connectivity index (χ0n) is 16.9. The van der Waals surface area contributed by atoms with Crippen LogP contribution in [0.15, 0.2) is 59.9 Å². The molecule has 136 valence electrons. The maximum Gasteiger partial charge on any atom is 0.136 e. The van der Waals surface area contributed by atoms with Gasteiger partial charge in [-0.15, -0.1) is 0 Å². The Bertz CT molecular complexity index is 686. The van der Waals surface area contributed by atoms with Crippen molar-refractivity contribution < 1.29 is 4.74 Å². The molecule has 0 atom stereocenters. The molecule has 0 aromatic heterocycles. The third-order valence-electron chi connectivity index (χ3n) is 3.73. The van der Waals surface area contributed by atoms with Gasteiger partial charge in [0.1, 0.15) is 11.5 Å². The predicted molar refractivity (Wildman–Crippen MR) is 112 cm³/mol. The molecular weight excluding hydrogens is 306 g/mol. The van der Waals surface area contributed by atoms with Gasteiger partial charge < -0.3 is 9.64 Å². The van der Waals surface area contributed by atoms with E-state index in [0.29, 0.717) is 0 Å². The smallest absolute Gasteiger partial charge is 0.136 e. The predicted octanol–water partition coefficient (Wildman–Crippen LogP) is 6.76. The molecule has 0 fully saturated rings. The number of benzene rings is 1. The minimum atomic E-state index is 0.839. The van der Waals surface area contributed by atoms with Crippen LogP contribution < -0.4 is 9.64 Å². The summed E-state index contributed by atoms with van der Waals surface area (Å²) in [6.07, 6.45) is 8.66. The molecule has 1 rings (SSSR count). The van der Waals surface area contributed by atoms with E-state index in [2.05, 4.69) is 75.6 Å². The summed E-state index contributed by atoms with van der Waals surface area (Å²) in [5.41, 5.74) is 5.56. The minimum Gasteiger partial charge on any atom is -0.457 e. The zero-order chi connectivity index (χ0) is 19.0. The van der Waals surface area contributed by atoms with Gasteiger partial charge in [0, 0.05) is 31.4 Å². The lowest BCUT2D eigenvalue weighted by Gasteiger charge is -2.18. The van der Waals surface area contributed by atoms with Gasteiger partial charge in [0.15, 0.2) is 0 Å². The maximum absolute atomic E-state index is 6.32. The highest BCUT2D eigenvalue weighted by Gasteiger charge is 2.09. The fourth-order valence-corrected chi connectivity index (χ4v) is 2.39. The van der Waals surface area contributed by atoms with Gasteiger partial charge in [0.2, 0.25) is 0 Å². The quantitative estimate of drug-likeness (QED) is 0.383. The van der Waals surface area contributed by atoms with E-state index >= 15 is 0 Å². The van der Waals surface area contributed by atoms with E-state index in [4.69, 9.17) is 4.74 Å². The minimum absolute atomic E-state index is 0.839. The van der Waals surface area contributed by atoms with Crippen LogP contribution in [0.25, 0.3) is 5.57 Å². The van der Waals surface area contributed by atoms with E-state index in [1.54, 1.807) is 0 Å². The van der Waals surface area contributed by atoms with E-state index in [1.165, 1.54) is 11.1 Å². The molecule has 25 heavy (non-hydrogen) atoms. The molecule has 2 nitrogen and oxygen atoms in total. The summed E-state index contributed by atoms with van der Waals surface area (Å²) < 4.78 is 6.32. The van der Waals surface area contributed by atoms with Gasteiger partial charge in [-0.05, 0) is 64.0 Å². The Kier molecular flexibility index (Phi) is 8.27. The molecule has 0 radical (unpaired) electrons. The van der Waals surface area contributed by atoms with Crippen LogP contribution in [0, 0.1) is 0 Å². The highest BCUT2D eigenvalue weighted by atomic mass is 16.5.